The van der Waals surface area contributed by atoms with Gasteiger partial charge in [0.05, 0.1) is 63.7 Å². The molecule has 3 fully saturated rings. The number of sulfonamides is 3. The van der Waals surface area contributed by atoms with Gasteiger partial charge in [-0.3, -0.25) is 9.59 Å². The molecule has 0 saturated carbocycles. The summed E-state index contributed by atoms with van der Waals surface area (Å²) in [4.78, 5) is 26.9. The van der Waals surface area contributed by atoms with Crippen LogP contribution in [0.5, 0.6) is 0 Å². The maximum absolute atomic E-state index is 13.6. The van der Waals surface area contributed by atoms with E-state index in [0.717, 1.165) is 0 Å². The van der Waals surface area contributed by atoms with Crippen molar-refractivity contribution in [2.24, 2.45) is 0 Å². The average Bonchev–Trinajstić information content (AvgIpc) is 3.15. The molecular weight excluding hydrogens is 775 g/mol. The summed E-state index contributed by atoms with van der Waals surface area (Å²) in [7, 11) is -11.8. The van der Waals surface area contributed by atoms with Crippen LogP contribution in [0.1, 0.15) is 48.4 Å². The molecule has 0 aromatic heterocycles. The van der Waals surface area contributed by atoms with Crippen LogP contribution in [0.2, 0.25) is 0 Å². The molecule has 3 aromatic rings. The number of nitrogens with zero attached hydrogens (tertiary/aromatic N) is 3. The minimum absolute atomic E-state index is 0.00357. The first kappa shape index (κ1) is 40.9. The van der Waals surface area contributed by atoms with E-state index in [1.807, 2.05) is 0 Å². The third-order valence-electron chi connectivity index (χ3n) is 9.38. The summed E-state index contributed by atoms with van der Waals surface area (Å²) < 4.78 is 101. The highest BCUT2D eigenvalue weighted by Crippen LogP contribution is 2.30. The first-order valence-electron chi connectivity index (χ1n) is 17.8. The van der Waals surface area contributed by atoms with E-state index in [4.69, 9.17) is 14.2 Å². The predicted octanol–water partition coefficient (Wildman–Crippen LogP) is 2.81. The van der Waals surface area contributed by atoms with Crippen molar-refractivity contribution in [3.05, 3.63) is 77.9 Å². The Kier molecular flexibility index (Phi) is 12.2. The Labute approximate surface area is 321 Å². The standard InChI is InChI=1S/C36H45N5O11S3/c1-24-20-40(21-25(2)51-24)53(44,45)30-9-5-28(6-10-30)35(42)37-33-14-13-32(55(48,49)39-15-17-50-18-16-39)19-34(33)38-36(43)29-7-11-31(12-8-29)54(46,47)41-22-26(3)52-27(4)23-41/h5-14,19,24-27H,15-18,20-23H2,1-4H3,(H,37,42)(H,38,43)/t24-,25+,26-,27-/m0/s1. The van der Waals surface area contributed by atoms with Gasteiger partial charge in [-0.15, -0.1) is 0 Å². The second kappa shape index (κ2) is 16.4. The van der Waals surface area contributed by atoms with Crippen molar-refractivity contribution in [3.8, 4) is 0 Å². The zero-order valence-electron chi connectivity index (χ0n) is 30.9. The Balaban J connectivity index is 1.24. The molecule has 298 valence electrons. The molecule has 2 N–H and O–H groups in total. The number of benzene rings is 3. The van der Waals surface area contributed by atoms with Crippen molar-refractivity contribution >= 4 is 53.3 Å². The Morgan fingerprint density at radius 2 is 0.891 bits per heavy atom. The van der Waals surface area contributed by atoms with Gasteiger partial charge >= 0.3 is 0 Å². The summed E-state index contributed by atoms with van der Waals surface area (Å²) in [5, 5.41) is 5.37. The van der Waals surface area contributed by atoms with Crippen molar-refractivity contribution < 1.29 is 49.1 Å². The van der Waals surface area contributed by atoms with E-state index in [-0.39, 0.29) is 114 Å². The highest BCUT2D eigenvalue weighted by Gasteiger charge is 2.34. The maximum Gasteiger partial charge on any atom is 0.255 e. The van der Waals surface area contributed by atoms with Gasteiger partial charge < -0.3 is 24.8 Å². The van der Waals surface area contributed by atoms with Gasteiger partial charge in [-0.1, -0.05) is 0 Å². The molecule has 0 radical (unpaired) electrons. The van der Waals surface area contributed by atoms with E-state index in [2.05, 4.69) is 10.6 Å². The maximum atomic E-state index is 13.6. The first-order valence-corrected chi connectivity index (χ1v) is 22.1. The molecule has 0 spiro atoms. The van der Waals surface area contributed by atoms with Crippen LogP contribution < -0.4 is 10.6 Å². The molecule has 3 aromatic carbocycles. The lowest BCUT2D eigenvalue weighted by molar-refractivity contribution is -0.0442. The van der Waals surface area contributed by atoms with Crippen molar-refractivity contribution in [2.45, 2.75) is 66.8 Å². The van der Waals surface area contributed by atoms with Crippen LogP contribution in [0.3, 0.4) is 0 Å². The van der Waals surface area contributed by atoms with E-state index in [9.17, 15) is 34.8 Å². The highest BCUT2D eigenvalue weighted by atomic mass is 32.2. The van der Waals surface area contributed by atoms with Gasteiger partial charge in [-0.05, 0) is 94.4 Å². The van der Waals surface area contributed by atoms with E-state index in [0.29, 0.717) is 0 Å². The zero-order chi connectivity index (χ0) is 39.7. The van der Waals surface area contributed by atoms with Gasteiger partial charge in [-0.25, -0.2) is 25.3 Å². The highest BCUT2D eigenvalue weighted by molar-refractivity contribution is 7.89. The fourth-order valence-electron chi connectivity index (χ4n) is 6.73. The van der Waals surface area contributed by atoms with Gasteiger partial charge in [0.15, 0.2) is 0 Å². The van der Waals surface area contributed by atoms with Crippen LogP contribution in [0.25, 0.3) is 0 Å². The van der Waals surface area contributed by atoms with Gasteiger partial charge in [0.2, 0.25) is 30.1 Å². The number of nitrogens with one attached hydrogen (secondary N) is 2. The van der Waals surface area contributed by atoms with E-state index in [1.54, 1.807) is 27.7 Å². The normalized spacial score (nSPS) is 23.6. The zero-order valence-corrected chi connectivity index (χ0v) is 33.3. The van der Waals surface area contributed by atoms with Crippen molar-refractivity contribution in [1.82, 2.24) is 12.9 Å². The van der Waals surface area contributed by atoms with Gasteiger partial charge in [0, 0.05) is 50.4 Å². The lowest BCUT2D eigenvalue weighted by Gasteiger charge is -2.34. The molecule has 0 aliphatic carbocycles. The van der Waals surface area contributed by atoms with Gasteiger partial charge in [0.25, 0.3) is 11.8 Å². The third-order valence-corrected chi connectivity index (χ3v) is 15.0. The molecular formula is C36H45N5O11S3. The minimum atomic E-state index is -4.02. The second-order valence-electron chi connectivity index (χ2n) is 13.8. The molecule has 16 nitrogen and oxygen atoms in total. The fraction of sp³-hybridized carbons (Fsp3) is 0.444. The molecule has 3 heterocycles. The molecule has 4 atom stereocenters. The van der Waals surface area contributed by atoms with E-state index in [1.165, 1.54) is 79.6 Å². The van der Waals surface area contributed by atoms with Crippen molar-refractivity contribution in [3.63, 3.8) is 0 Å². The van der Waals surface area contributed by atoms with E-state index >= 15 is 0 Å². The Hall–Kier alpha value is -3.79. The van der Waals surface area contributed by atoms with Gasteiger partial charge in [-0.2, -0.15) is 12.9 Å². The summed E-state index contributed by atoms with van der Waals surface area (Å²) in [6.45, 7) is 8.63. The van der Waals surface area contributed by atoms with Crippen LogP contribution in [0.15, 0.2) is 81.4 Å². The number of ether oxygens (including phenoxy) is 3. The molecule has 3 aliphatic heterocycles. The van der Waals surface area contributed by atoms with Crippen LogP contribution in [-0.2, 0) is 44.3 Å². The summed E-state index contributed by atoms with van der Waals surface area (Å²) in [6.07, 6.45) is -1.13. The Morgan fingerprint density at radius 1 is 0.527 bits per heavy atom. The third kappa shape index (κ3) is 9.11. The number of rotatable bonds is 10. The largest absolute Gasteiger partial charge is 0.379 e. The number of carbonyl (C=O) groups excluding carboxylic acids is 2. The second-order valence-corrected chi connectivity index (χ2v) is 19.7. The van der Waals surface area contributed by atoms with Crippen LogP contribution in [0.4, 0.5) is 11.4 Å². The molecule has 19 heteroatoms. The number of morpholine rings is 3. The number of hydrogen-bond acceptors (Lipinski definition) is 11. The van der Waals surface area contributed by atoms with Crippen LogP contribution in [-0.4, -0.2) is 127 Å². The molecule has 2 amide bonds. The molecule has 55 heavy (non-hydrogen) atoms. The molecule has 0 unspecified atom stereocenters. The van der Waals surface area contributed by atoms with Crippen LogP contribution >= 0.6 is 0 Å². The summed E-state index contributed by atoms with van der Waals surface area (Å²) in [5.74, 6) is -1.35. The molecule has 3 aliphatic rings. The Bertz CT molecular complexity index is 2210. The van der Waals surface area contributed by atoms with Crippen molar-refractivity contribution in [2.75, 3.05) is 63.1 Å². The fourth-order valence-corrected chi connectivity index (χ4v) is 11.3. The minimum Gasteiger partial charge on any atom is -0.379 e. The topological polar surface area (TPSA) is 198 Å². The predicted molar refractivity (Wildman–Crippen MR) is 202 cm³/mol. The number of hydrogen-bond donors (Lipinski definition) is 2. The monoisotopic (exact) mass is 819 g/mol. The molecule has 6 rings (SSSR count). The summed E-state index contributed by atoms with van der Waals surface area (Å²) in [6, 6.07) is 14.6. The summed E-state index contributed by atoms with van der Waals surface area (Å²) >= 11 is 0. The van der Waals surface area contributed by atoms with Crippen molar-refractivity contribution in [1.29, 1.82) is 0 Å². The Morgan fingerprint density at radius 3 is 1.31 bits per heavy atom. The van der Waals surface area contributed by atoms with Gasteiger partial charge in [0.1, 0.15) is 0 Å². The molecule has 3 saturated heterocycles. The first-order chi connectivity index (χ1) is 25.9. The number of amides is 2. The smallest absolute Gasteiger partial charge is 0.255 e. The summed E-state index contributed by atoms with van der Waals surface area (Å²) in [5.41, 5.74) is 0.186. The molecule has 0 bridgehead atoms. The SMILES string of the molecule is C[C@@H]1CN(S(=O)(=O)c2ccc(C(=O)Nc3ccc(S(=O)(=O)N4CCOCC4)cc3NC(=O)c3ccc(S(=O)(=O)N4C[C@H](C)O[C@@H](C)C4)cc3)cc2)C[C@H](C)O1. The lowest BCUT2D eigenvalue weighted by Crippen LogP contribution is -2.48. The lowest BCUT2D eigenvalue weighted by atomic mass is 10.2. The average molecular weight is 820 g/mol. The van der Waals surface area contributed by atoms with Crippen LogP contribution in [0, 0.1) is 0 Å². The number of anilines is 2. The number of carbonyl (C=O) groups is 2. The quantitative estimate of drug-likeness (QED) is 0.305. The van der Waals surface area contributed by atoms with E-state index < -0.39 is 41.9 Å².